The molecule has 7 heteroatoms. The van der Waals surface area contributed by atoms with Crippen LogP contribution in [-0.4, -0.2) is 43.5 Å². The summed E-state index contributed by atoms with van der Waals surface area (Å²) in [6, 6.07) is 0. The molecule has 0 amide bonds. The predicted octanol–water partition coefficient (Wildman–Crippen LogP) is -0.0520. The van der Waals surface area contributed by atoms with E-state index in [1.54, 1.807) is 6.92 Å². The summed E-state index contributed by atoms with van der Waals surface area (Å²) in [7, 11) is -3.82. The van der Waals surface area contributed by atoms with Crippen LogP contribution in [0.25, 0.3) is 0 Å². The summed E-state index contributed by atoms with van der Waals surface area (Å²) in [4.78, 5) is 10.6. The molecule has 0 aromatic rings. The number of carboxylic acids is 1. The van der Waals surface area contributed by atoms with Crippen LogP contribution >= 0.6 is 0 Å². The highest BCUT2D eigenvalue weighted by Crippen LogP contribution is 2.21. The second kappa shape index (κ2) is 4.68. The van der Waals surface area contributed by atoms with Crippen molar-refractivity contribution in [3.8, 4) is 0 Å². The number of sulfonamides is 1. The molecule has 16 heavy (non-hydrogen) atoms. The molecule has 94 valence electrons. The maximum absolute atomic E-state index is 11.7. The number of rotatable bonds is 4. The monoisotopic (exact) mass is 251 g/mol. The van der Waals surface area contributed by atoms with Gasteiger partial charge in [-0.3, -0.25) is 4.79 Å². The summed E-state index contributed by atoms with van der Waals surface area (Å²) in [5.74, 6) is -1.34. The van der Waals surface area contributed by atoms with Gasteiger partial charge in [-0.1, -0.05) is 0 Å². The van der Waals surface area contributed by atoms with E-state index in [0.717, 1.165) is 6.92 Å². The fourth-order valence-electron chi connectivity index (χ4n) is 1.49. The van der Waals surface area contributed by atoms with E-state index < -0.39 is 26.8 Å². The molecule has 1 fully saturated rings. The van der Waals surface area contributed by atoms with E-state index in [0.29, 0.717) is 26.1 Å². The van der Waals surface area contributed by atoms with Gasteiger partial charge in [-0.25, -0.2) is 13.1 Å². The molecule has 0 spiro atoms. The van der Waals surface area contributed by atoms with Gasteiger partial charge in [-0.2, -0.15) is 0 Å². The van der Waals surface area contributed by atoms with Crippen LogP contribution < -0.4 is 4.72 Å². The topological polar surface area (TPSA) is 92.7 Å². The first-order valence-electron chi connectivity index (χ1n) is 5.10. The molecule has 0 saturated carbocycles. The number of nitrogens with one attached hydrogen (secondary N) is 1. The van der Waals surface area contributed by atoms with Crippen molar-refractivity contribution < 1.29 is 23.1 Å². The SMILES string of the molecule is CC(C(=O)O)S(=O)(=O)NC1(C)CCOCC1. The zero-order chi connectivity index (χ0) is 12.4. The molecule has 2 N–H and O–H groups in total. The molecule has 1 atom stereocenters. The molecule has 0 aromatic heterocycles. The highest BCUT2D eigenvalue weighted by Gasteiger charge is 2.36. The summed E-state index contributed by atoms with van der Waals surface area (Å²) in [6.45, 7) is 3.90. The Hall–Kier alpha value is -0.660. The van der Waals surface area contributed by atoms with Gasteiger partial charge in [-0.05, 0) is 26.7 Å². The normalized spacial score (nSPS) is 22.6. The molecular weight excluding hydrogens is 234 g/mol. The summed E-state index contributed by atoms with van der Waals surface area (Å²) >= 11 is 0. The van der Waals surface area contributed by atoms with Crippen LogP contribution in [0.2, 0.25) is 0 Å². The molecule has 1 rings (SSSR count). The molecular formula is C9H17NO5S. The number of carboxylic acid groups (broad SMARTS) is 1. The maximum atomic E-state index is 11.7. The van der Waals surface area contributed by atoms with Crippen LogP contribution in [0.3, 0.4) is 0 Å². The summed E-state index contributed by atoms with van der Waals surface area (Å²) in [5, 5.41) is 7.25. The Morgan fingerprint density at radius 1 is 1.44 bits per heavy atom. The molecule has 0 aliphatic carbocycles. The second-order valence-electron chi connectivity index (χ2n) is 4.30. The van der Waals surface area contributed by atoms with Gasteiger partial charge in [0.1, 0.15) is 0 Å². The molecule has 1 heterocycles. The Balaban J connectivity index is 2.75. The zero-order valence-electron chi connectivity index (χ0n) is 9.39. The van der Waals surface area contributed by atoms with Crippen molar-refractivity contribution in [2.75, 3.05) is 13.2 Å². The van der Waals surface area contributed by atoms with Crippen LogP contribution in [0, 0.1) is 0 Å². The third kappa shape index (κ3) is 3.16. The van der Waals surface area contributed by atoms with Crippen LogP contribution in [0.4, 0.5) is 0 Å². The predicted molar refractivity (Wildman–Crippen MR) is 57.6 cm³/mol. The van der Waals surface area contributed by atoms with Crippen molar-refractivity contribution in [1.29, 1.82) is 0 Å². The summed E-state index contributed by atoms with van der Waals surface area (Å²) < 4.78 is 31.0. The number of ether oxygens (including phenoxy) is 1. The first kappa shape index (κ1) is 13.4. The number of carbonyl (C=O) groups is 1. The number of aliphatic carboxylic acids is 1. The van der Waals surface area contributed by atoms with Gasteiger partial charge in [0.25, 0.3) is 0 Å². The van der Waals surface area contributed by atoms with Crippen molar-refractivity contribution in [1.82, 2.24) is 4.72 Å². The van der Waals surface area contributed by atoms with E-state index in [1.165, 1.54) is 0 Å². The fourth-order valence-corrected chi connectivity index (χ4v) is 2.82. The average molecular weight is 251 g/mol. The van der Waals surface area contributed by atoms with Gasteiger partial charge in [0.15, 0.2) is 5.25 Å². The molecule has 1 aliphatic rings. The lowest BCUT2D eigenvalue weighted by Crippen LogP contribution is -2.52. The first-order chi connectivity index (χ1) is 7.27. The van der Waals surface area contributed by atoms with E-state index in [4.69, 9.17) is 9.84 Å². The van der Waals surface area contributed by atoms with E-state index in [9.17, 15) is 13.2 Å². The van der Waals surface area contributed by atoms with Crippen molar-refractivity contribution >= 4 is 16.0 Å². The lowest BCUT2D eigenvalue weighted by molar-refractivity contribution is -0.136. The third-order valence-electron chi connectivity index (χ3n) is 2.80. The number of hydrogen-bond acceptors (Lipinski definition) is 4. The van der Waals surface area contributed by atoms with Gasteiger partial charge in [0, 0.05) is 18.8 Å². The molecule has 0 bridgehead atoms. The molecule has 1 aliphatic heterocycles. The largest absolute Gasteiger partial charge is 0.480 e. The average Bonchev–Trinajstić information content (AvgIpc) is 2.15. The lowest BCUT2D eigenvalue weighted by Gasteiger charge is -2.34. The highest BCUT2D eigenvalue weighted by atomic mass is 32.2. The fraction of sp³-hybridized carbons (Fsp3) is 0.889. The number of hydrogen-bond donors (Lipinski definition) is 2. The summed E-state index contributed by atoms with van der Waals surface area (Å²) in [5.41, 5.74) is -0.596. The van der Waals surface area contributed by atoms with E-state index in [-0.39, 0.29) is 0 Å². The molecule has 6 nitrogen and oxygen atoms in total. The lowest BCUT2D eigenvalue weighted by atomic mass is 9.94. The van der Waals surface area contributed by atoms with Crippen LogP contribution in [0.15, 0.2) is 0 Å². The van der Waals surface area contributed by atoms with E-state index >= 15 is 0 Å². The Morgan fingerprint density at radius 2 is 1.94 bits per heavy atom. The Bertz CT molecular complexity index is 358. The molecule has 0 aromatic carbocycles. The third-order valence-corrected chi connectivity index (χ3v) is 4.71. The quantitative estimate of drug-likeness (QED) is 0.730. The van der Waals surface area contributed by atoms with Gasteiger partial charge >= 0.3 is 5.97 Å². The highest BCUT2D eigenvalue weighted by molar-refractivity contribution is 7.90. The van der Waals surface area contributed by atoms with Crippen molar-refractivity contribution in [2.45, 2.75) is 37.5 Å². The summed E-state index contributed by atoms with van der Waals surface area (Å²) in [6.07, 6.45) is 1.11. The Labute approximate surface area is 95.0 Å². The molecule has 0 radical (unpaired) electrons. The van der Waals surface area contributed by atoms with Gasteiger partial charge < -0.3 is 9.84 Å². The standard InChI is InChI=1S/C9H17NO5S/c1-7(8(11)12)16(13,14)10-9(2)3-5-15-6-4-9/h7,10H,3-6H2,1-2H3,(H,11,12). The smallest absolute Gasteiger partial charge is 0.323 e. The maximum Gasteiger partial charge on any atom is 0.323 e. The minimum atomic E-state index is -3.82. The van der Waals surface area contributed by atoms with Gasteiger partial charge in [0.05, 0.1) is 0 Å². The van der Waals surface area contributed by atoms with Crippen LogP contribution in [0.1, 0.15) is 26.7 Å². The minimum Gasteiger partial charge on any atom is -0.480 e. The molecule has 1 unspecified atom stereocenters. The van der Waals surface area contributed by atoms with Crippen LogP contribution in [-0.2, 0) is 19.6 Å². The zero-order valence-corrected chi connectivity index (χ0v) is 10.2. The van der Waals surface area contributed by atoms with E-state index in [1.807, 2.05) is 0 Å². The van der Waals surface area contributed by atoms with Gasteiger partial charge in [0.2, 0.25) is 10.0 Å². The Kier molecular flexibility index (Phi) is 3.92. The first-order valence-corrected chi connectivity index (χ1v) is 6.65. The van der Waals surface area contributed by atoms with Crippen molar-refractivity contribution in [3.63, 3.8) is 0 Å². The second-order valence-corrected chi connectivity index (χ2v) is 6.30. The van der Waals surface area contributed by atoms with Crippen molar-refractivity contribution in [2.24, 2.45) is 0 Å². The van der Waals surface area contributed by atoms with Gasteiger partial charge in [-0.15, -0.1) is 0 Å². The minimum absolute atomic E-state index is 0.487. The molecule has 1 saturated heterocycles. The Morgan fingerprint density at radius 3 is 2.38 bits per heavy atom. The van der Waals surface area contributed by atoms with Crippen molar-refractivity contribution in [3.05, 3.63) is 0 Å². The van der Waals surface area contributed by atoms with Crippen LogP contribution in [0.5, 0.6) is 0 Å². The van der Waals surface area contributed by atoms with E-state index in [2.05, 4.69) is 4.72 Å².